The molecule has 3 rings (SSSR count). The van der Waals surface area contributed by atoms with Crippen LogP contribution in [0.2, 0.25) is 0 Å². The van der Waals surface area contributed by atoms with Crippen LogP contribution < -0.4 is 4.74 Å². The Hall–Kier alpha value is -2.29. The van der Waals surface area contributed by atoms with Gasteiger partial charge in [0.05, 0.1) is 0 Å². The highest BCUT2D eigenvalue weighted by molar-refractivity contribution is 5.81. The highest BCUT2D eigenvalue weighted by Crippen LogP contribution is 2.24. The van der Waals surface area contributed by atoms with Gasteiger partial charge < -0.3 is 9.64 Å². The fraction of sp³-hybridized carbons (Fsp3) is 0.435. The van der Waals surface area contributed by atoms with Crippen molar-refractivity contribution >= 4 is 5.91 Å². The zero-order valence-electron chi connectivity index (χ0n) is 16.1. The Kier molecular flexibility index (Phi) is 5.97. The van der Waals surface area contributed by atoms with Crippen LogP contribution in [0, 0.1) is 19.8 Å². The SMILES string of the molecule is Cc1ccc(C)c(O[C@H](C)C(=O)N2CCC(Cc3ccccc3)CC2)c1. The summed E-state index contributed by atoms with van der Waals surface area (Å²) in [6.45, 7) is 7.57. The van der Waals surface area contributed by atoms with Crippen molar-refractivity contribution in [2.45, 2.75) is 46.1 Å². The van der Waals surface area contributed by atoms with Gasteiger partial charge in [-0.15, -0.1) is 0 Å². The first-order valence-electron chi connectivity index (χ1n) is 9.59. The van der Waals surface area contributed by atoms with Crippen molar-refractivity contribution in [2.75, 3.05) is 13.1 Å². The number of piperidine rings is 1. The second-order valence-electron chi connectivity index (χ2n) is 7.49. The fourth-order valence-corrected chi connectivity index (χ4v) is 3.64. The normalized spacial score (nSPS) is 16.3. The molecule has 0 spiro atoms. The molecule has 26 heavy (non-hydrogen) atoms. The second kappa shape index (κ2) is 8.39. The maximum Gasteiger partial charge on any atom is 0.263 e. The van der Waals surface area contributed by atoms with Gasteiger partial charge in [0.25, 0.3) is 5.91 Å². The standard InChI is InChI=1S/C23H29NO2/c1-17-9-10-18(2)22(15-17)26-19(3)23(25)24-13-11-21(12-14-24)16-20-7-5-4-6-8-20/h4-10,15,19,21H,11-14,16H2,1-3H3/t19-/m1/s1. The largest absolute Gasteiger partial charge is 0.481 e. The summed E-state index contributed by atoms with van der Waals surface area (Å²) in [6, 6.07) is 16.7. The molecule has 0 aromatic heterocycles. The number of ether oxygens (including phenoxy) is 1. The number of rotatable bonds is 5. The number of hydrogen-bond donors (Lipinski definition) is 0. The first kappa shape index (κ1) is 18.5. The van der Waals surface area contributed by atoms with Gasteiger partial charge in [0.1, 0.15) is 5.75 Å². The van der Waals surface area contributed by atoms with Crippen molar-refractivity contribution in [1.82, 2.24) is 4.90 Å². The fourth-order valence-electron chi connectivity index (χ4n) is 3.64. The highest BCUT2D eigenvalue weighted by atomic mass is 16.5. The van der Waals surface area contributed by atoms with Crippen LogP contribution in [-0.2, 0) is 11.2 Å². The first-order chi connectivity index (χ1) is 12.5. The van der Waals surface area contributed by atoms with E-state index in [-0.39, 0.29) is 5.91 Å². The smallest absolute Gasteiger partial charge is 0.263 e. The van der Waals surface area contributed by atoms with E-state index in [2.05, 4.69) is 36.4 Å². The molecule has 0 aliphatic carbocycles. The summed E-state index contributed by atoms with van der Waals surface area (Å²) in [6.07, 6.45) is 2.80. The summed E-state index contributed by atoms with van der Waals surface area (Å²) in [7, 11) is 0. The van der Waals surface area contributed by atoms with Crippen LogP contribution in [0.3, 0.4) is 0 Å². The third-order valence-electron chi connectivity index (χ3n) is 5.29. The zero-order valence-corrected chi connectivity index (χ0v) is 16.1. The zero-order chi connectivity index (χ0) is 18.5. The van der Waals surface area contributed by atoms with Gasteiger partial charge in [-0.3, -0.25) is 4.79 Å². The molecule has 1 aliphatic heterocycles. The van der Waals surface area contributed by atoms with Crippen molar-refractivity contribution in [3.05, 3.63) is 65.2 Å². The summed E-state index contributed by atoms with van der Waals surface area (Å²) in [5.41, 5.74) is 3.60. The monoisotopic (exact) mass is 351 g/mol. The van der Waals surface area contributed by atoms with E-state index in [9.17, 15) is 4.79 Å². The van der Waals surface area contributed by atoms with Gasteiger partial charge in [0.15, 0.2) is 6.10 Å². The summed E-state index contributed by atoms with van der Waals surface area (Å²) < 4.78 is 5.97. The molecule has 0 bridgehead atoms. The van der Waals surface area contributed by atoms with Gasteiger partial charge in [-0.05, 0) is 68.7 Å². The highest BCUT2D eigenvalue weighted by Gasteiger charge is 2.27. The Balaban J connectivity index is 1.52. The molecule has 3 nitrogen and oxygen atoms in total. The summed E-state index contributed by atoms with van der Waals surface area (Å²) >= 11 is 0. The van der Waals surface area contributed by atoms with E-state index in [1.165, 1.54) is 5.56 Å². The van der Waals surface area contributed by atoms with E-state index >= 15 is 0 Å². The van der Waals surface area contributed by atoms with E-state index in [0.29, 0.717) is 5.92 Å². The average Bonchev–Trinajstić information content (AvgIpc) is 2.65. The molecular formula is C23H29NO2. The molecule has 2 aromatic carbocycles. The minimum Gasteiger partial charge on any atom is -0.481 e. The van der Waals surface area contributed by atoms with E-state index in [0.717, 1.165) is 49.2 Å². The number of carbonyl (C=O) groups excluding carboxylic acids is 1. The Labute approximate surface area is 157 Å². The molecular weight excluding hydrogens is 322 g/mol. The molecule has 138 valence electrons. The minimum absolute atomic E-state index is 0.101. The van der Waals surface area contributed by atoms with E-state index < -0.39 is 6.10 Å². The van der Waals surface area contributed by atoms with Crippen molar-refractivity contribution in [1.29, 1.82) is 0 Å². The van der Waals surface area contributed by atoms with Gasteiger partial charge in [-0.25, -0.2) is 0 Å². The molecule has 1 saturated heterocycles. The molecule has 0 saturated carbocycles. The molecule has 1 aliphatic rings. The number of hydrogen-bond acceptors (Lipinski definition) is 2. The number of amides is 1. The van der Waals surface area contributed by atoms with Crippen molar-refractivity contribution < 1.29 is 9.53 Å². The average molecular weight is 351 g/mol. The van der Waals surface area contributed by atoms with Gasteiger partial charge in [-0.1, -0.05) is 42.5 Å². The molecule has 1 atom stereocenters. The number of benzene rings is 2. The van der Waals surface area contributed by atoms with Gasteiger partial charge in [-0.2, -0.15) is 0 Å². The van der Waals surface area contributed by atoms with Crippen LogP contribution in [0.25, 0.3) is 0 Å². The van der Waals surface area contributed by atoms with Crippen LogP contribution in [0.5, 0.6) is 5.75 Å². The number of likely N-dealkylation sites (tertiary alicyclic amines) is 1. The minimum atomic E-state index is -0.443. The molecule has 0 radical (unpaired) electrons. The Bertz CT molecular complexity index is 733. The maximum absolute atomic E-state index is 12.8. The number of aryl methyl sites for hydroxylation is 2. The molecule has 2 aromatic rings. The number of nitrogens with zero attached hydrogens (tertiary/aromatic N) is 1. The van der Waals surface area contributed by atoms with Crippen molar-refractivity contribution in [2.24, 2.45) is 5.92 Å². The maximum atomic E-state index is 12.8. The summed E-state index contributed by atoms with van der Waals surface area (Å²) in [5, 5.41) is 0. The van der Waals surface area contributed by atoms with E-state index in [4.69, 9.17) is 4.74 Å². The van der Waals surface area contributed by atoms with Crippen molar-refractivity contribution in [3.8, 4) is 5.75 Å². The predicted molar refractivity (Wildman–Crippen MR) is 105 cm³/mol. The van der Waals surface area contributed by atoms with Gasteiger partial charge >= 0.3 is 0 Å². The third kappa shape index (κ3) is 4.66. The van der Waals surface area contributed by atoms with Crippen LogP contribution in [-0.4, -0.2) is 30.0 Å². The van der Waals surface area contributed by atoms with Crippen LogP contribution >= 0.6 is 0 Å². The van der Waals surface area contributed by atoms with Crippen LogP contribution in [0.4, 0.5) is 0 Å². The first-order valence-corrected chi connectivity index (χ1v) is 9.59. The lowest BCUT2D eigenvalue weighted by molar-refractivity contribution is -0.139. The quantitative estimate of drug-likeness (QED) is 0.791. The summed E-state index contributed by atoms with van der Waals surface area (Å²) in [5.74, 6) is 1.57. The number of carbonyl (C=O) groups is 1. The second-order valence-corrected chi connectivity index (χ2v) is 7.49. The van der Waals surface area contributed by atoms with E-state index in [1.54, 1.807) is 0 Å². The Morgan fingerprint density at radius 3 is 2.50 bits per heavy atom. The lowest BCUT2D eigenvalue weighted by Gasteiger charge is -2.33. The lowest BCUT2D eigenvalue weighted by Crippen LogP contribution is -2.45. The topological polar surface area (TPSA) is 29.5 Å². The Morgan fingerprint density at radius 2 is 1.81 bits per heavy atom. The lowest BCUT2D eigenvalue weighted by atomic mass is 9.90. The van der Waals surface area contributed by atoms with Crippen LogP contribution in [0.1, 0.15) is 36.5 Å². The van der Waals surface area contributed by atoms with Crippen LogP contribution in [0.15, 0.2) is 48.5 Å². The summed E-state index contributed by atoms with van der Waals surface area (Å²) in [4.78, 5) is 14.7. The van der Waals surface area contributed by atoms with E-state index in [1.807, 2.05) is 37.8 Å². The molecule has 1 heterocycles. The molecule has 0 unspecified atom stereocenters. The molecule has 3 heteroatoms. The predicted octanol–water partition coefficient (Wildman–Crippen LogP) is 4.55. The molecule has 0 N–H and O–H groups in total. The molecule has 1 amide bonds. The van der Waals surface area contributed by atoms with Gasteiger partial charge in [0.2, 0.25) is 0 Å². The third-order valence-corrected chi connectivity index (χ3v) is 5.29. The Morgan fingerprint density at radius 1 is 1.12 bits per heavy atom. The van der Waals surface area contributed by atoms with Gasteiger partial charge in [0, 0.05) is 13.1 Å². The molecule has 1 fully saturated rings. The van der Waals surface area contributed by atoms with Crippen molar-refractivity contribution in [3.63, 3.8) is 0 Å².